The Bertz CT molecular complexity index is 655. The highest BCUT2D eigenvalue weighted by atomic mass is 35.5. The molecule has 0 bridgehead atoms. The van der Waals surface area contributed by atoms with Crippen molar-refractivity contribution in [2.75, 3.05) is 4.90 Å². The number of aromatic nitrogens is 2. The van der Waals surface area contributed by atoms with Crippen LogP contribution in [0.4, 0.5) is 5.69 Å². The maximum atomic E-state index is 6.03. The average Bonchev–Trinajstić information content (AvgIpc) is 2.71. The zero-order valence-electron chi connectivity index (χ0n) is 11.4. The first-order valence-electron chi connectivity index (χ1n) is 6.46. The van der Waals surface area contributed by atoms with E-state index in [0.29, 0.717) is 11.0 Å². The van der Waals surface area contributed by atoms with Gasteiger partial charge in [0.05, 0.1) is 23.1 Å². The molecule has 0 saturated heterocycles. The second-order valence-corrected chi connectivity index (χ2v) is 6.13. The van der Waals surface area contributed by atoms with Crippen LogP contribution in [0.1, 0.15) is 30.7 Å². The second-order valence-electron chi connectivity index (χ2n) is 5.47. The van der Waals surface area contributed by atoms with Crippen molar-refractivity contribution in [3.63, 3.8) is 0 Å². The molecule has 3 rings (SSSR count). The number of hydrogen-bond donors (Lipinski definition) is 0. The van der Waals surface area contributed by atoms with E-state index in [2.05, 4.69) is 34.8 Å². The molecule has 2 aromatic heterocycles. The number of anilines is 1. The van der Waals surface area contributed by atoms with Crippen LogP contribution < -0.4 is 4.90 Å². The predicted molar refractivity (Wildman–Crippen MR) is 82.3 cm³/mol. The van der Waals surface area contributed by atoms with E-state index in [1.165, 1.54) is 5.56 Å². The van der Waals surface area contributed by atoms with Crippen molar-refractivity contribution in [3.8, 4) is 0 Å². The standard InChI is InChI=1S/C15H15Cl2N3/c1-15(2)14-11(3-4-13(17)19-14)9-20(15)12-5-10(6-16)7-18-8-12/h3-5,7-8H,6,9H2,1-2H3. The molecular weight excluding hydrogens is 293 g/mol. The molecule has 1 aliphatic rings. The fourth-order valence-corrected chi connectivity index (χ4v) is 3.02. The number of pyridine rings is 2. The molecule has 0 amide bonds. The summed E-state index contributed by atoms with van der Waals surface area (Å²) in [6, 6.07) is 5.97. The highest BCUT2D eigenvalue weighted by Crippen LogP contribution is 2.41. The fourth-order valence-electron chi connectivity index (χ4n) is 2.73. The van der Waals surface area contributed by atoms with Gasteiger partial charge >= 0.3 is 0 Å². The zero-order chi connectivity index (χ0) is 14.3. The summed E-state index contributed by atoms with van der Waals surface area (Å²) in [5.74, 6) is 0.464. The van der Waals surface area contributed by atoms with Crippen molar-refractivity contribution >= 4 is 28.9 Å². The lowest BCUT2D eigenvalue weighted by Gasteiger charge is -2.33. The average molecular weight is 308 g/mol. The molecule has 3 nitrogen and oxygen atoms in total. The van der Waals surface area contributed by atoms with Gasteiger partial charge in [-0.3, -0.25) is 4.98 Å². The van der Waals surface area contributed by atoms with Crippen LogP contribution in [0, 0.1) is 0 Å². The summed E-state index contributed by atoms with van der Waals surface area (Å²) in [6.45, 7) is 5.10. The van der Waals surface area contributed by atoms with Gasteiger partial charge in [0, 0.05) is 18.6 Å². The van der Waals surface area contributed by atoms with Gasteiger partial charge in [0.1, 0.15) is 5.15 Å². The molecule has 20 heavy (non-hydrogen) atoms. The molecule has 1 aliphatic heterocycles. The number of nitrogens with zero attached hydrogens (tertiary/aromatic N) is 3. The van der Waals surface area contributed by atoms with E-state index in [1.807, 2.05) is 18.3 Å². The Hall–Kier alpha value is -1.32. The van der Waals surface area contributed by atoms with Crippen molar-refractivity contribution in [1.82, 2.24) is 9.97 Å². The van der Waals surface area contributed by atoms with Gasteiger partial charge in [0.2, 0.25) is 0 Å². The highest BCUT2D eigenvalue weighted by Gasteiger charge is 2.39. The second kappa shape index (κ2) is 4.90. The van der Waals surface area contributed by atoms with Gasteiger partial charge in [0.15, 0.2) is 0 Å². The fraction of sp³-hybridized carbons (Fsp3) is 0.333. The van der Waals surface area contributed by atoms with Crippen LogP contribution in [0.2, 0.25) is 5.15 Å². The molecule has 0 spiro atoms. The summed E-state index contributed by atoms with van der Waals surface area (Å²) in [7, 11) is 0. The van der Waals surface area contributed by atoms with Crippen molar-refractivity contribution in [1.29, 1.82) is 0 Å². The van der Waals surface area contributed by atoms with Crippen molar-refractivity contribution in [2.45, 2.75) is 31.8 Å². The number of hydrogen-bond acceptors (Lipinski definition) is 3. The van der Waals surface area contributed by atoms with Crippen LogP contribution in [-0.4, -0.2) is 9.97 Å². The van der Waals surface area contributed by atoms with Gasteiger partial charge in [0.25, 0.3) is 0 Å². The molecule has 0 fully saturated rings. The van der Waals surface area contributed by atoms with E-state index >= 15 is 0 Å². The SMILES string of the molecule is CC1(C)c2nc(Cl)ccc2CN1c1cncc(CCl)c1. The number of halogens is 2. The molecule has 0 radical (unpaired) electrons. The summed E-state index contributed by atoms with van der Waals surface area (Å²) < 4.78 is 0. The molecule has 5 heteroatoms. The summed E-state index contributed by atoms with van der Waals surface area (Å²) in [6.07, 6.45) is 3.66. The molecule has 104 valence electrons. The van der Waals surface area contributed by atoms with Gasteiger partial charge in [-0.1, -0.05) is 17.7 Å². The van der Waals surface area contributed by atoms with Gasteiger partial charge < -0.3 is 4.90 Å². The molecule has 0 unspecified atom stereocenters. The minimum absolute atomic E-state index is 0.215. The number of rotatable bonds is 2. The summed E-state index contributed by atoms with van der Waals surface area (Å²) in [5.41, 5.74) is 4.09. The first-order valence-corrected chi connectivity index (χ1v) is 7.37. The third-order valence-corrected chi connectivity index (χ3v) is 4.29. The summed E-state index contributed by atoms with van der Waals surface area (Å²) in [4.78, 5) is 11.1. The Balaban J connectivity index is 2.05. The number of fused-ring (bicyclic) bond motifs is 1. The molecule has 0 aliphatic carbocycles. The lowest BCUT2D eigenvalue weighted by Crippen LogP contribution is -2.36. The van der Waals surface area contributed by atoms with Crippen LogP contribution in [-0.2, 0) is 18.0 Å². The van der Waals surface area contributed by atoms with Gasteiger partial charge in [-0.25, -0.2) is 4.98 Å². The largest absolute Gasteiger partial charge is 0.355 e. The normalized spacial score (nSPS) is 16.3. The Morgan fingerprint density at radius 2 is 2.10 bits per heavy atom. The third kappa shape index (κ3) is 2.15. The topological polar surface area (TPSA) is 29.0 Å². The van der Waals surface area contributed by atoms with E-state index in [4.69, 9.17) is 23.2 Å². The quantitative estimate of drug-likeness (QED) is 0.617. The summed E-state index contributed by atoms with van der Waals surface area (Å²) >= 11 is 11.9. The molecule has 0 saturated carbocycles. The lowest BCUT2D eigenvalue weighted by molar-refractivity contribution is 0.506. The van der Waals surface area contributed by atoms with Crippen molar-refractivity contribution in [2.24, 2.45) is 0 Å². The van der Waals surface area contributed by atoms with E-state index in [9.17, 15) is 0 Å². The Kier molecular flexibility index (Phi) is 3.35. The predicted octanol–water partition coefficient (Wildman–Crippen LogP) is 4.12. The van der Waals surface area contributed by atoms with Gasteiger partial charge in [-0.05, 0) is 37.1 Å². The van der Waals surface area contributed by atoms with E-state index in [1.54, 1.807) is 6.20 Å². The minimum atomic E-state index is -0.215. The van der Waals surface area contributed by atoms with E-state index in [-0.39, 0.29) is 5.54 Å². The van der Waals surface area contributed by atoms with Gasteiger partial charge in [-0.15, -0.1) is 11.6 Å². The van der Waals surface area contributed by atoms with Crippen LogP contribution in [0.25, 0.3) is 0 Å². The first kappa shape index (κ1) is 13.7. The van der Waals surface area contributed by atoms with Crippen LogP contribution in [0.5, 0.6) is 0 Å². The molecule has 0 atom stereocenters. The maximum absolute atomic E-state index is 6.03. The lowest BCUT2D eigenvalue weighted by atomic mass is 9.99. The van der Waals surface area contributed by atoms with Gasteiger partial charge in [-0.2, -0.15) is 0 Å². The maximum Gasteiger partial charge on any atom is 0.129 e. The Morgan fingerprint density at radius 3 is 2.85 bits per heavy atom. The molecular formula is C15H15Cl2N3. The smallest absolute Gasteiger partial charge is 0.129 e. The summed E-state index contributed by atoms with van der Waals surface area (Å²) in [5, 5.41) is 0.534. The first-order chi connectivity index (χ1) is 9.52. The van der Waals surface area contributed by atoms with E-state index < -0.39 is 0 Å². The minimum Gasteiger partial charge on any atom is -0.355 e. The van der Waals surface area contributed by atoms with Crippen molar-refractivity contribution in [3.05, 3.63) is 52.6 Å². The van der Waals surface area contributed by atoms with E-state index in [0.717, 1.165) is 23.5 Å². The van der Waals surface area contributed by atoms with Crippen LogP contribution >= 0.6 is 23.2 Å². The molecule has 0 N–H and O–H groups in total. The molecule has 2 aromatic rings. The van der Waals surface area contributed by atoms with Crippen LogP contribution in [0.15, 0.2) is 30.6 Å². The Labute approximate surface area is 128 Å². The van der Waals surface area contributed by atoms with Crippen molar-refractivity contribution < 1.29 is 0 Å². The Morgan fingerprint density at radius 1 is 1.30 bits per heavy atom. The monoisotopic (exact) mass is 307 g/mol. The highest BCUT2D eigenvalue weighted by molar-refractivity contribution is 6.29. The van der Waals surface area contributed by atoms with Crippen LogP contribution in [0.3, 0.4) is 0 Å². The third-order valence-electron chi connectivity index (χ3n) is 3.77. The zero-order valence-corrected chi connectivity index (χ0v) is 12.9. The molecule has 3 heterocycles. The number of alkyl halides is 1. The molecule has 0 aromatic carbocycles.